The number of aromatic amines is 1. The second-order valence-electron chi connectivity index (χ2n) is 7.10. The van der Waals surface area contributed by atoms with Gasteiger partial charge < -0.3 is 9.73 Å². The molecule has 9 heteroatoms. The summed E-state index contributed by atoms with van der Waals surface area (Å²) in [5, 5.41) is 17.8. The van der Waals surface area contributed by atoms with E-state index in [1.54, 1.807) is 12.1 Å². The van der Waals surface area contributed by atoms with Gasteiger partial charge in [-0.15, -0.1) is 10.2 Å². The standard InChI is InChI=1S/C21H20F3N5O/c1-3-4-14-6-7-15(10-17(14)21(22,23)24)25-11-13-5-8-16-12(2)19(30-18(16)9-13)20-26-28-29-27-20/h5-10,25H,3-4,11H2,1-2H3,(H,26,27,28,29). The molecule has 0 aliphatic heterocycles. The number of hydrogen-bond donors (Lipinski definition) is 2. The first kappa shape index (κ1) is 19.9. The van der Waals surface area contributed by atoms with Crippen LogP contribution < -0.4 is 5.32 Å². The predicted molar refractivity (Wildman–Crippen MR) is 107 cm³/mol. The Labute approximate surface area is 170 Å². The van der Waals surface area contributed by atoms with Gasteiger partial charge in [0.1, 0.15) is 5.58 Å². The van der Waals surface area contributed by atoms with E-state index in [1.165, 1.54) is 6.07 Å². The average Bonchev–Trinajstić information content (AvgIpc) is 3.34. The van der Waals surface area contributed by atoms with Gasteiger partial charge in [0.25, 0.3) is 0 Å². The molecule has 0 atom stereocenters. The SMILES string of the molecule is CCCc1ccc(NCc2ccc3c(C)c(-c4nn[nH]n4)oc3c2)cc1C(F)(F)F. The van der Waals surface area contributed by atoms with E-state index in [-0.39, 0.29) is 0 Å². The molecule has 0 saturated heterocycles. The minimum absolute atomic E-state index is 0.317. The maximum absolute atomic E-state index is 13.4. The van der Waals surface area contributed by atoms with Crippen LogP contribution >= 0.6 is 0 Å². The Morgan fingerprint density at radius 3 is 2.67 bits per heavy atom. The fourth-order valence-electron chi connectivity index (χ4n) is 3.49. The smallest absolute Gasteiger partial charge is 0.416 e. The zero-order valence-electron chi connectivity index (χ0n) is 16.5. The Balaban J connectivity index is 1.56. The molecule has 0 fully saturated rings. The van der Waals surface area contributed by atoms with Crippen molar-refractivity contribution in [1.82, 2.24) is 20.6 Å². The molecule has 2 aromatic heterocycles. The Kier molecular flexibility index (Phi) is 5.19. The van der Waals surface area contributed by atoms with Gasteiger partial charge in [-0.1, -0.05) is 31.5 Å². The van der Waals surface area contributed by atoms with E-state index in [0.29, 0.717) is 47.8 Å². The monoisotopic (exact) mass is 415 g/mol. The average molecular weight is 415 g/mol. The summed E-state index contributed by atoms with van der Waals surface area (Å²) in [7, 11) is 0. The van der Waals surface area contributed by atoms with Crippen molar-refractivity contribution in [2.45, 2.75) is 39.4 Å². The molecule has 6 nitrogen and oxygen atoms in total. The van der Waals surface area contributed by atoms with Crippen LogP contribution in [0.4, 0.5) is 18.9 Å². The highest BCUT2D eigenvalue weighted by Crippen LogP contribution is 2.35. The fraction of sp³-hybridized carbons (Fsp3) is 0.286. The summed E-state index contributed by atoms with van der Waals surface area (Å²) in [6, 6.07) is 10.1. The second-order valence-corrected chi connectivity index (χ2v) is 7.10. The number of alkyl halides is 3. The third-order valence-corrected chi connectivity index (χ3v) is 4.98. The van der Waals surface area contributed by atoms with E-state index in [9.17, 15) is 13.2 Å². The molecule has 0 aliphatic carbocycles. The molecule has 30 heavy (non-hydrogen) atoms. The second kappa shape index (κ2) is 7.81. The lowest BCUT2D eigenvalue weighted by Gasteiger charge is -2.15. The largest absolute Gasteiger partial charge is 0.452 e. The lowest BCUT2D eigenvalue weighted by molar-refractivity contribution is -0.138. The normalized spacial score (nSPS) is 11.9. The molecular formula is C21H20F3N5O. The molecule has 2 N–H and O–H groups in total. The molecule has 0 unspecified atom stereocenters. The molecule has 0 bridgehead atoms. The molecule has 0 spiro atoms. The van der Waals surface area contributed by atoms with Gasteiger partial charge in [0.05, 0.1) is 5.56 Å². The number of rotatable bonds is 6. The summed E-state index contributed by atoms with van der Waals surface area (Å²) in [6.07, 6.45) is -3.32. The number of tetrazole rings is 1. The first-order valence-corrected chi connectivity index (χ1v) is 9.56. The van der Waals surface area contributed by atoms with Gasteiger partial charge in [0.15, 0.2) is 5.76 Å². The minimum Gasteiger partial charge on any atom is -0.452 e. The van der Waals surface area contributed by atoms with Crippen molar-refractivity contribution in [1.29, 1.82) is 0 Å². The van der Waals surface area contributed by atoms with Crippen LogP contribution in [0, 0.1) is 6.92 Å². The van der Waals surface area contributed by atoms with Crippen LogP contribution in [0.5, 0.6) is 0 Å². The predicted octanol–water partition coefficient (Wildman–Crippen LogP) is 5.50. The lowest BCUT2D eigenvalue weighted by Crippen LogP contribution is -2.10. The maximum Gasteiger partial charge on any atom is 0.416 e. The van der Waals surface area contributed by atoms with Gasteiger partial charge in [-0.05, 0) is 47.9 Å². The third-order valence-electron chi connectivity index (χ3n) is 4.98. The number of nitrogens with zero attached hydrogens (tertiary/aromatic N) is 3. The van der Waals surface area contributed by atoms with Gasteiger partial charge >= 0.3 is 6.18 Å². The first-order valence-electron chi connectivity index (χ1n) is 9.56. The summed E-state index contributed by atoms with van der Waals surface area (Å²) in [4.78, 5) is 0. The van der Waals surface area contributed by atoms with Crippen molar-refractivity contribution >= 4 is 16.7 Å². The van der Waals surface area contributed by atoms with E-state index < -0.39 is 11.7 Å². The van der Waals surface area contributed by atoms with Crippen molar-refractivity contribution in [2.24, 2.45) is 0 Å². The number of aromatic nitrogens is 4. The van der Waals surface area contributed by atoms with Crippen LogP contribution in [0.25, 0.3) is 22.6 Å². The number of anilines is 1. The highest BCUT2D eigenvalue weighted by atomic mass is 19.4. The van der Waals surface area contributed by atoms with Crippen LogP contribution in [0.1, 0.15) is 35.6 Å². The molecule has 156 valence electrons. The van der Waals surface area contributed by atoms with Crippen molar-refractivity contribution in [3.63, 3.8) is 0 Å². The van der Waals surface area contributed by atoms with Crippen molar-refractivity contribution in [2.75, 3.05) is 5.32 Å². The minimum atomic E-state index is -4.38. The van der Waals surface area contributed by atoms with E-state index in [1.807, 2.05) is 32.0 Å². The number of halogens is 3. The molecule has 0 amide bonds. The fourth-order valence-corrected chi connectivity index (χ4v) is 3.49. The van der Waals surface area contributed by atoms with Crippen LogP contribution in [-0.2, 0) is 19.1 Å². The Bertz CT molecular complexity index is 1170. The molecule has 0 radical (unpaired) electrons. The molecule has 4 rings (SSSR count). The lowest BCUT2D eigenvalue weighted by atomic mass is 10.0. The van der Waals surface area contributed by atoms with E-state index in [2.05, 4.69) is 25.9 Å². The molecule has 0 saturated carbocycles. The van der Waals surface area contributed by atoms with Crippen LogP contribution in [-0.4, -0.2) is 20.6 Å². The zero-order valence-corrected chi connectivity index (χ0v) is 16.5. The van der Waals surface area contributed by atoms with E-state index in [0.717, 1.165) is 16.5 Å². The Morgan fingerprint density at radius 1 is 1.13 bits per heavy atom. The van der Waals surface area contributed by atoms with Gasteiger partial charge in [0.2, 0.25) is 5.82 Å². The summed E-state index contributed by atoms with van der Waals surface area (Å²) < 4.78 is 46.0. The topological polar surface area (TPSA) is 79.6 Å². The Hall–Kier alpha value is -3.36. The number of benzene rings is 2. The van der Waals surface area contributed by atoms with Gasteiger partial charge in [-0.3, -0.25) is 0 Å². The summed E-state index contributed by atoms with van der Waals surface area (Å²) in [5.41, 5.74) is 2.58. The maximum atomic E-state index is 13.4. The van der Waals surface area contributed by atoms with Gasteiger partial charge in [-0.25, -0.2) is 0 Å². The van der Waals surface area contributed by atoms with Crippen molar-refractivity contribution in [3.05, 3.63) is 58.7 Å². The zero-order chi connectivity index (χ0) is 21.3. The Morgan fingerprint density at radius 2 is 1.97 bits per heavy atom. The number of aryl methyl sites for hydroxylation is 2. The molecule has 2 aromatic carbocycles. The quantitative estimate of drug-likeness (QED) is 0.434. The molecule has 4 aromatic rings. The van der Waals surface area contributed by atoms with E-state index in [4.69, 9.17) is 4.42 Å². The molecule has 2 heterocycles. The number of nitrogens with one attached hydrogen (secondary N) is 2. The van der Waals surface area contributed by atoms with Gasteiger partial charge in [0, 0.05) is 23.2 Å². The first-order chi connectivity index (χ1) is 14.4. The number of H-pyrrole nitrogens is 1. The number of fused-ring (bicyclic) bond motifs is 1. The summed E-state index contributed by atoms with van der Waals surface area (Å²) in [5.74, 6) is 0.903. The van der Waals surface area contributed by atoms with Gasteiger partial charge in [-0.2, -0.15) is 18.4 Å². The molecule has 0 aliphatic rings. The van der Waals surface area contributed by atoms with Crippen LogP contribution in [0.2, 0.25) is 0 Å². The number of furan rings is 1. The highest BCUT2D eigenvalue weighted by Gasteiger charge is 2.33. The third kappa shape index (κ3) is 3.87. The highest BCUT2D eigenvalue weighted by molar-refractivity contribution is 5.87. The van der Waals surface area contributed by atoms with Crippen molar-refractivity contribution < 1.29 is 17.6 Å². The summed E-state index contributed by atoms with van der Waals surface area (Å²) in [6.45, 7) is 4.13. The van der Waals surface area contributed by atoms with Crippen LogP contribution in [0.15, 0.2) is 40.8 Å². The van der Waals surface area contributed by atoms with E-state index >= 15 is 0 Å². The summed E-state index contributed by atoms with van der Waals surface area (Å²) >= 11 is 0. The number of hydrogen-bond acceptors (Lipinski definition) is 5. The molecular weight excluding hydrogens is 395 g/mol. The van der Waals surface area contributed by atoms with Crippen LogP contribution in [0.3, 0.4) is 0 Å². The van der Waals surface area contributed by atoms with Crippen molar-refractivity contribution in [3.8, 4) is 11.6 Å².